The van der Waals surface area contributed by atoms with Crippen LogP contribution in [-0.2, 0) is 14.8 Å². The first kappa shape index (κ1) is 16.3. The van der Waals surface area contributed by atoms with Crippen LogP contribution in [0.4, 0.5) is 11.4 Å². The van der Waals surface area contributed by atoms with Crippen molar-refractivity contribution in [3.8, 4) is 0 Å². The van der Waals surface area contributed by atoms with Crippen molar-refractivity contribution < 1.29 is 13.2 Å². The van der Waals surface area contributed by atoms with Crippen molar-refractivity contribution >= 4 is 39.0 Å². The van der Waals surface area contributed by atoms with Gasteiger partial charge in [-0.2, -0.15) is 0 Å². The van der Waals surface area contributed by atoms with Crippen LogP contribution < -0.4 is 10.0 Å². The number of carbonyl (C=O) groups excluding carboxylic acids is 1. The molecule has 6 heteroatoms. The van der Waals surface area contributed by atoms with Crippen molar-refractivity contribution in [3.63, 3.8) is 0 Å². The summed E-state index contributed by atoms with van der Waals surface area (Å²) in [6.07, 6.45) is 1.80. The van der Waals surface area contributed by atoms with Gasteiger partial charge in [0.1, 0.15) is 0 Å². The molecule has 0 saturated carbocycles. The highest BCUT2D eigenvalue weighted by Crippen LogP contribution is 2.35. The summed E-state index contributed by atoms with van der Waals surface area (Å²) in [5.41, 5.74) is 4.39. The molecule has 1 amide bonds. The van der Waals surface area contributed by atoms with Gasteiger partial charge in [0, 0.05) is 22.5 Å². The van der Waals surface area contributed by atoms with Crippen LogP contribution in [0.1, 0.15) is 23.6 Å². The summed E-state index contributed by atoms with van der Waals surface area (Å²) in [5, 5.41) is 2.80. The number of hydrogen-bond donors (Lipinski definition) is 2. The van der Waals surface area contributed by atoms with Crippen LogP contribution in [0.25, 0.3) is 11.6 Å². The molecule has 2 aromatic carbocycles. The van der Waals surface area contributed by atoms with E-state index in [4.69, 9.17) is 0 Å². The largest absolute Gasteiger partial charge is 0.321 e. The summed E-state index contributed by atoms with van der Waals surface area (Å²) in [4.78, 5) is 12.2. The Balaban J connectivity index is 2.00. The molecule has 1 aliphatic heterocycles. The average molecular weight is 342 g/mol. The Hall–Kier alpha value is -2.60. The predicted octanol–water partition coefficient (Wildman–Crippen LogP) is 3.25. The Labute approximate surface area is 141 Å². The molecule has 124 valence electrons. The molecule has 0 aromatic heterocycles. The molecule has 0 fully saturated rings. The Morgan fingerprint density at radius 3 is 2.50 bits per heavy atom. The van der Waals surface area contributed by atoms with E-state index in [0.29, 0.717) is 22.5 Å². The van der Waals surface area contributed by atoms with E-state index in [2.05, 4.69) is 10.0 Å². The molecule has 0 radical (unpaired) electrons. The third kappa shape index (κ3) is 3.33. The van der Waals surface area contributed by atoms with Crippen LogP contribution >= 0.6 is 0 Å². The number of aryl methyl sites for hydroxylation is 1. The number of anilines is 2. The van der Waals surface area contributed by atoms with E-state index in [-0.39, 0.29) is 11.7 Å². The lowest BCUT2D eigenvalue weighted by Gasteiger charge is -2.07. The molecule has 1 heterocycles. The minimum absolute atomic E-state index is 0.00662. The van der Waals surface area contributed by atoms with Gasteiger partial charge in [-0.1, -0.05) is 29.8 Å². The van der Waals surface area contributed by atoms with Crippen LogP contribution in [0.3, 0.4) is 0 Å². The smallest absolute Gasteiger partial charge is 0.256 e. The van der Waals surface area contributed by atoms with Gasteiger partial charge in [-0.15, -0.1) is 0 Å². The lowest BCUT2D eigenvalue weighted by molar-refractivity contribution is -0.110. The number of benzene rings is 2. The summed E-state index contributed by atoms with van der Waals surface area (Å²) in [6.45, 7) is 3.57. The predicted molar refractivity (Wildman–Crippen MR) is 97.2 cm³/mol. The normalized spacial score (nSPS) is 15.2. The van der Waals surface area contributed by atoms with Crippen molar-refractivity contribution in [3.05, 3.63) is 59.2 Å². The SMILES string of the molecule is CCS(=O)(=O)Nc1ccc2c(c1)/C(=C/c1ccc(C)cc1)C(=O)N2. The molecule has 0 unspecified atom stereocenters. The van der Waals surface area contributed by atoms with Gasteiger partial charge in [-0.3, -0.25) is 9.52 Å². The summed E-state index contributed by atoms with van der Waals surface area (Å²) < 4.78 is 26.0. The molecule has 24 heavy (non-hydrogen) atoms. The Kier molecular flexibility index (Phi) is 4.15. The standard InChI is InChI=1S/C18H18N2O3S/c1-3-24(22,23)20-14-8-9-17-15(11-14)16(18(21)19-17)10-13-6-4-12(2)5-7-13/h4-11,20H,3H2,1-2H3,(H,19,21)/b16-10-. The second-order valence-electron chi connectivity index (χ2n) is 5.69. The maximum Gasteiger partial charge on any atom is 0.256 e. The van der Waals surface area contributed by atoms with E-state index in [9.17, 15) is 13.2 Å². The number of hydrogen-bond acceptors (Lipinski definition) is 3. The van der Waals surface area contributed by atoms with Crippen LogP contribution in [0, 0.1) is 6.92 Å². The van der Waals surface area contributed by atoms with Crippen molar-refractivity contribution in [1.82, 2.24) is 0 Å². The van der Waals surface area contributed by atoms with E-state index in [1.165, 1.54) is 0 Å². The molecule has 5 nitrogen and oxygen atoms in total. The number of carbonyl (C=O) groups is 1. The number of amides is 1. The molecule has 0 bridgehead atoms. The van der Waals surface area contributed by atoms with Crippen molar-refractivity contribution in [2.24, 2.45) is 0 Å². The van der Waals surface area contributed by atoms with Crippen LogP contribution in [0.5, 0.6) is 0 Å². The minimum Gasteiger partial charge on any atom is -0.321 e. The van der Waals surface area contributed by atoms with E-state index in [0.717, 1.165) is 11.1 Å². The quantitative estimate of drug-likeness (QED) is 0.838. The number of rotatable bonds is 4. The Morgan fingerprint density at radius 1 is 1.12 bits per heavy atom. The number of nitrogens with one attached hydrogen (secondary N) is 2. The zero-order valence-corrected chi connectivity index (χ0v) is 14.3. The van der Waals surface area contributed by atoms with Crippen molar-refractivity contribution in [2.45, 2.75) is 13.8 Å². The molecule has 0 aliphatic carbocycles. The summed E-state index contributed by atoms with van der Waals surface area (Å²) >= 11 is 0. The van der Waals surface area contributed by atoms with Gasteiger partial charge in [-0.25, -0.2) is 8.42 Å². The zero-order valence-electron chi connectivity index (χ0n) is 13.5. The average Bonchev–Trinajstić information content (AvgIpc) is 2.85. The molecular weight excluding hydrogens is 324 g/mol. The Morgan fingerprint density at radius 2 is 1.83 bits per heavy atom. The highest BCUT2D eigenvalue weighted by molar-refractivity contribution is 7.92. The first-order valence-corrected chi connectivity index (χ1v) is 9.28. The Bertz CT molecular complexity index is 929. The minimum atomic E-state index is -3.36. The highest BCUT2D eigenvalue weighted by atomic mass is 32.2. The van der Waals surface area contributed by atoms with Crippen molar-refractivity contribution in [1.29, 1.82) is 0 Å². The molecule has 2 N–H and O–H groups in total. The van der Waals surface area contributed by atoms with Crippen LogP contribution in [0.2, 0.25) is 0 Å². The van der Waals surface area contributed by atoms with Crippen LogP contribution in [0.15, 0.2) is 42.5 Å². The fraction of sp³-hybridized carbons (Fsp3) is 0.167. The van der Waals surface area contributed by atoms with Gasteiger partial charge in [0.2, 0.25) is 10.0 Å². The van der Waals surface area contributed by atoms with E-state index >= 15 is 0 Å². The van der Waals surface area contributed by atoms with Crippen molar-refractivity contribution in [2.75, 3.05) is 15.8 Å². The van der Waals surface area contributed by atoms with Gasteiger partial charge in [-0.05, 0) is 43.7 Å². The maximum atomic E-state index is 12.2. The first-order chi connectivity index (χ1) is 11.4. The first-order valence-electron chi connectivity index (χ1n) is 7.62. The topological polar surface area (TPSA) is 75.3 Å². The van der Waals surface area contributed by atoms with Gasteiger partial charge in [0.15, 0.2) is 0 Å². The van der Waals surface area contributed by atoms with Gasteiger partial charge < -0.3 is 5.32 Å². The molecular formula is C18H18N2O3S. The van der Waals surface area contributed by atoms with E-state index in [1.807, 2.05) is 31.2 Å². The second kappa shape index (κ2) is 6.13. The lowest BCUT2D eigenvalue weighted by Crippen LogP contribution is -2.14. The third-order valence-corrected chi connectivity index (χ3v) is 5.15. The highest BCUT2D eigenvalue weighted by Gasteiger charge is 2.24. The molecule has 2 aromatic rings. The molecule has 0 saturated heterocycles. The third-order valence-electron chi connectivity index (χ3n) is 3.84. The number of fused-ring (bicyclic) bond motifs is 1. The molecule has 0 atom stereocenters. The maximum absolute atomic E-state index is 12.2. The summed E-state index contributed by atoms with van der Waals surface area (Å²) in [7, 11) is -3.36. The molecule has 0 spiro atoms. The second-order valence-corrected chi connectivity index (χ2v) is 7.70. The van der Waals surface area contributed by atoms with Crippen LogP contribution in [-0.4, -0.2) is 20.1 Å². The summed E-state index contributed by atoms with van der Waals surface area (Å²) in [5.74, 6) is -0.200. The fourth-order valence-corrected chi connectivity index (χ4v) is 3.11. The van der Waals surface area contributed by atoms with Gasteiger partial charge in [0.05, 0.1) is 5.75 Å². The van der Waals surface area contributed by atoms with E-state index < -0.39 is 10.0 Å². The molecule has 1 aliphatic rings. The summed E-state index contributed by atoms with van der Waals surface area (Å²) in [6, 6.07) is 12.9. The lowest BCUT2D eigenvalue weighted by atomic mass is 10.0. The van der Waals surface area contributed by atoms with E-state index in [1.54, 1.807) is 31.2 Å². The van der Waals surface area contributed by atoms with Gasteiger partial charge >= 0.3 is 0 Å². The van der Waals surface area contributed by atoms with Gasteiger partial charge in [0.25, 0.3) is 5.91 Å². The monoisotopic (exact) mass is 342 g/mol. The molecule has 3 rings (SSSR count). The number of sulfonamides is 1. The fourth-order valence-electron chi connectivity index (χ4n) is 2.48. The zero-order chi connectivity index (χ0) is 17.3.